The van der Waals surface area contributed by atoms with Crippen LogP contribution in [-0.4, -0.2) is 24.7 Å². The Morgan fingerprint density at radius 1 is 1.09 bits per heavy atom. The van der Waals surface area contributed by atoms with E-state index in [2.05, 4.69) is 16.7 Å². The molecule has 0 radical (unpaired) electrons. The summed E-state index contributed by atoms with van der Waals surface area (Å²) in [6.07, 6.45) is 7.33. The molecule has 0 aromatic carbocycles. The molecule has 0 amide bonds. The summed E-state index contributed by atoms with van der Waals surface area (Å²) < 4.78 is 11.0. The molecule has 2 aromatic rings. The van der Waals surface area contributed by atoms with Crippen molar-refractivity contribution in [3.63, 3.8) is 0 Å². The minimum Gasteiger partial charge on any atom is -0.467 e. The first kappa shape index (κ1) is 16.1. The lowest BCUT2D eigenvalue weighted by atomic mass is 10.1. The highest BCUT2D eigenvalue weighted by molar-refractivity contribution is 7.80. The van der Waals surface area contributed by atoms with Gasteiger partial charge >= 0.3 is 0 Å². The van der Waals surface area contributed by atoms with E-state index in [1.54, 1.807) is 17.4 Å². The molecule has 1 atom stereocenters. The minimum absolute atomic E-state index is 0.300. The third-order valence-corrected chi connectivity index (χ3v) is 4.63. The van der Waals surface area contributed by atoms with Gasteiger partial charge in [-0.3, -0.25) is 0 Å². The predicted molar refractivity (Wildman–Crippen MR) is 92.1 cm³/mol. The Morgan fingerprint density at radius 3 is 2.57 bits per heavy atom. The van der Waals surface area contributed by atoms with Crippen molar-refractivity contribution in [1.82, 2.24) is 10.6 Å². The first-order valence-corrected chi connectivity index (χ1v) is 8.66. The Kier molecular flexibility index (Phi) is 5.71. The van der Waals surface area contributed by atoms with Gasteiger partial charge < -0.3 is 24.4 Å². The van der Waals surface area contributed by atoms with Crippen molar-refractivity contribution in [2.75, 3.05) is 19.6 Å². The zero-order valence-electron chi connectivity index (χ0n) is 13.2. The van der Waals surface area contributed by atoms with Gasteiger partial charge in [0.25, 0.3) is 0 Å². The van der Waals surface area contributed by atoms with Gasteiger partial charge in [0, 0.05) is 0 Å². The number of piperidine rings is 1. The Bertz CT molecular complexity index is 577. The predicted octanol–water partition coefficient (Wildman–Crippen LogP) is 1.65. The summed E-state index contributed by atoms with van der Waals surface area (Å²) in [6, 6.07) is 8.12. The molecule has 5 nitrogen and oxygen atoms in total. The number of likely N-dealkylation sites (tertiary alicyclic amines) is 1. The summed E-state index contributed by atoms with van der Waals surface area (Å²) in [5, 5.41) is 7.15. The summed E-state index contributed by atoms with van der Waals surface area (Å²) in [7, 11) is 0. The second kappa shape index (κ2) is 8.17. The van der Waals surface area contributed by atoms with Crippen molar-refractivity contribution in [3.05, 3.63) is 48.3 Å². The van der Waals surface area contributed by atoms with E-state index in [0.29, 0.717) is 17.7 Å². The lowest BCUT2D eigenvalue weighted by Gasteiger charge is -2.30. The van der Waals surface area contributed by atoms with Gasteiger partial charge in [0.1, 0.15) is 5.76 Å². The summed E-state index contributed by atoms with van der Waals surface area (Å²) in [6.45, 7) is 3.76. The number of furan rings is 2. The quantitative estimate of drug-likeness (QED) is 0.702. The summed E-state index contributed by atoms with van der Waals surface area (Å²) >= 11 is 5.37. The number of nitrogens with one attached hydrogen (secondary N) is 3. The Morgan fingerprint density at radius 2 is 1.87 bits per heavy atom. The fraction of sp³-hybridized carbons (Fsp3) is 0.471. The van der Waals surface area contributed by atoms with E-state index in [0.717, 1.165) is 18.1 Å². The number of thiocarbonyl (C=S) groups is 1. The molecule has 1 fully saturated rings. The molecule has 0 aliphatic carbocycles. The van der Waals surface area contributed by atoms with Crippen molar-refractivity contribution >= 4 is 17.3 Å². The smallest absolute Gasteiger partial charge is 0.166 e. The molecule has 3 heterocycles. The van der Waals surface area contributed by atoms with Gasteiger partial charge in [-0.15, -0.1) is 0 Å². The van der Waals surface area contributed by atoms with E-state index in [1.165, 1.54) is 32.4 Å². The molecule has 6 heteroatoms. The Labute approximate surface area is 142 Å². The monoisotopic (exact) mass is 334 g/mol. The molecule has 3 N–H and O–H groups in total. The van der Waals surface area contributed by atoms with Gasteiger partial charge in [0.15, 0.2) is 16.9 Å². The maximum atomic E-state index is 5.66. The largest absolute Gasteiger partial charge is 0.467 e. The molecule has 3 rings (SSSR count). The minimum atomic E-state index is 0.300. The highest BCUT2D eigenvalue weighted by Gasteiger charge is 2.28. The molecular weight excluding hydrogens is 310 g/mol. The molecule has 1 aliphatic rings. The van der Waals surface area contributed by atoms with E-state index < -0.39 is 0 Å². The van der Waals surface area contributed by atoms with Gasteiger partial charge in [-0.2, -0.15) is 0 Å². The first-order chi connectivity index (χ1) is 11.3. The average Bonchev–Trinajstić information content (AvgIpc) is 3.28. The van der Waals surface area contributed by atoms with Crippen LogP contribution in [0.25, 0.3) is 0 Å². The molecule has 23 heavy (non-hydrogen) atoms. The van der Waals surface area contributed by atoms with Crippen molar-refractivity contribution in [3.8, 4) is 0 Å². The van der Waals surface area contributed by atoms with E-state index >= 15 is 0 Å². The van der Waals surface area contributed by atoms with Crippen LogP contribution in [0.1, 0.15) is 36.8 Å². The Hall–Kier alpha value is -1.79. The topological polar surface area (TPSA) is 54.8 Å². The van der Waals surface area contributed by atoms with E-state index in [4.69, 9.17) is 21.1 Å². The normalized spacial score (nSPS) is 16.9. The first-order valence-electron chi connectivity index (χ1n) is 8.25. The standard InChI is InChI=1S/C17H23N3O2S/c23-17(18-12-14-6-4-10-21-14)19-13-15(16-7-5-11-22-16)20-8-2-1-3-9-20/h4-7,10-11,15H,1-3,8-9,12-13H2,(H2,18,19,23)/p+1/t15-/m1/s1. The fourth-order valence-electron chi connectivity index (χ4n) is 3.13. The van der Waals surface area contributed by atoms with Crippen molar-refractivity contribution < 1.29 is 13.7 Å². The molecule has 1 aliphatic heterocycles. The van der Waals surface area contributed by atoms with Crippen LogP contribution in [0.4, 0.5) is 0 Å². The van der Waals surface area contributed by atoms with Crippen LogP contribution in [0.3, 0.4) is 0 Å². The number of hydrogen-bond acceptors (Lipinski definition) is 3. The maximum Gasteiger partial charge on any atom is 0.166 e. The van der Waals surface area contributed by atoms with E-state index in [9.17, 15) is 0 Å². The van der Waals surface area contributed by atoms with Crippen LogP contribution in [0.2, 0.25) is 0 Å². The molecule has 1 saturated heterocycles. The molecule has 0 bridgehead atoms. The lowest BCUT2D eigenvalue weighted by molar-refractivity contribution is -0.936. The van der Waals surface area contributed by atoms with Crippen LogP contribution in [-0.2, 0) is 6.54 Å². The van der Waals surface area contributed by atoms with Crippen LogP contribution < -0.4 is 15.5 Å². The third kappa shape index (κ3) is 4.59. The van der Waals surface area contributed by atoms with Gasteiger partial charge in [-0.1, -0.05) is 0 Å². The number of hydrogen-bond donors (Lipinski definition) is 3. The summed E-state index contributed by atoms with van der Waals surface area (Å²) in [5.74, 6) is 1.90. The molecule has 124 valence electrons. The van der Waals surface area contributed by atoms with Gasteiger partial charge in [0.2, 0.25) is 0 Å². The Balaban J connectivity index is 1.52. The third-order valence-electron chi connectivity index (χ3n) is 4.35. The molecule has 2 aromatic heterocycles. The number of rotatable bonds is 6. The second-order valence-electron chi connectivity index (χ2n) is 5.93. The van der Waals surface area contributed by atoms with Gasteiger partial charge in [-0.25, -0.2) is 0 Å². The van der Waals surface area contributed by atoms with Crippen LogP contribution >= 0.6 is 12.2 Å². The van der Waals surface area contributed by atoms with Crippen molar-refractivity contribution in [2.24, 2.45) is 0 Å². The van der Waals surface area contributed by atoms with Crippen LogP contribution in [0.15, 0.2) is 45.6 Å². The van der Waals surface area contributed by atoms with Gasteiger partial charge in [-0.05, 0) is 55.7 Å². The summed E-state index contributed by atoms with van der Waals surface area (Å²) in [5.41, 5.74) is 0. The zero-order chi connectivity index (χ0) is 15.9. The van der Waals surface area contributed by atoms with Gasteiger partial charge in [0.05, 0.1) is 38.7 Å². The summed E-state index contributed by atoms with van der Waals surface area (Å²) in [4.78, 5) is 1.58. The van der Waals surface area contributed by atoms with Crippen LogP contribution in [0, 0.1) is 0 Å². The fourth-order valence-corrected chi connectivity index (χ4v) is 3.28. The molecule has 0 saturated carbocycles. The maximum absolute atomic E-state index is 5.66. The van der Waals surface area contributed by atoms with E-state index in [1.807, 2.05) is 18.2 Å². The highest BCUT2D eigenvalue weighted by Crippen LogP contribution is 2.11. The molecule has 0 spiro atoms. The average molecular weight is 334 g/mol. The highest BCUT2D eigenvalue weighted by atomic mass is 32.1. The SMILES string of the molecule is S=C(NCc1ccco1)NC[C@H](c1ccco1)[NH+]1CCCCC1. The molecule has 0 unspecified atom stereocenters. The second-order valence-corrected chi connectivity index (χ2v) is 6.34. The molecular formula is C17H24N3O2S+. The lowest BCUT2D eigenvalue weighted by Crippen LogP contribution is -3.13. The van der Waals surface area contributed by atoms with Crippen molar-refractivity contribution in [1.29, 1.82) is 0 Å². The van der Waals surface area contributed by atoms with Crippen LogP contribution in [0.5, 0.6) is 0 Å². The number of quaternary nitrogens is 1. The van der Waals surface area contributed by atoms with Crippen molar-refractivity contribution in [2.45, 2.75) is 31.8 Å². The zero-order valence-corrected chi connectivity index (χ0v) is 14.0. The van der Waals surface area contributed by atoms with E-state index in [-0.39, 0.29) is 0 Å².